The molecule has 0 aliphatic heterocycles. The van der Waals surface area contributed by atoms with Gasteiger partial charge in [0, 0.05) is 11.1 Å². The summed E-state index contributed by atoms with van der Waals surface area (Å²) in [7, 11) is 0. The van der Waals surface area contributed by atoms with Crippen LogP contribution in [0.25, 0.3) is 28.3 Å². The number of aromatic nitrogens is 1. The fourth-order valence-electron chi connectivity index (χ4n) is 3.05. The third kappa shape index (κ3) is 3.24. The zero-order chi connectivity index (χ0) is 19.7. The summed E-state index contributed by atoms with van der Waals surface area (Å²) in [6, 6.07) is 22.5. The summed E-state index contributed by atoms with van der Waals surface area (Å²) in [5.41, 5.74) is 1.31. The minimum absolute atomic E-state index is 0.300. The van der Waals surface area contributed by atoms with Gasteiger partial charge in [-0.2, -0.15) is 13.2 Å². The zero-order valence-electron chi connectivity index (χ0n) is 14.5. The summed E-state index contributed by atoms with van der Waals surface area (Å²) in [6.45, 7) is 0. The molecule has 0 amide bonds. The molecule has 0 N–H and O–H groups in total. The number of rotatable bonds is 3. The third-order valence-electron chi connectivity index (χ3n) is 4.35. The Labute approximate surface area is 158 Å². The predicted molar refractivity (Wildman–Crippen MR) is 100 cm³/mol. The van der Waals surface area contributed by atoms with Gasteiger partial charge >= 0.3 is 11.9 Å². The Bertz CT molecular complexity index is 1140. The minimum Gasteiger partial charge on any atom is -0.407 e. The van der Waals surface area contributed by atoms with Gasteiger partial charge < -0.3 is 4.42 Å². The van der Waals surface area contributed by atoms with Gasteiger partial charge in [-0.15, -0.1) is 0 Å². The highest BCUT2D eigenvalue weighted by atomic mass is 19.4. The lowest BCUT2D eigenvalue weighted by molar-refractivity contribution is -0.137. The number of hydrogen-bond donors (Lipinski definition) is 0. The number of alkyl halides is 3. The van der Waals surface area contributed by atoms with E-state index >= 15 is 0 Å². The van der Waals surface area contributed by atoms with E-state index in [0.29, 0.717) is 28.3 Å². The van der Waals surface area contributed by atoms with E-state index in [1.807, 2.05) is 12.1 Å². The average Bonchev–Trinajstić information content (AvgIpc) is 3.06. The molecule has 0 aliphatic carbocycles. The first-order valence-electron chi connectivity index (χ1n) is 8.49. The number of oxazole rings is 1. The molecule has 0 spiro atoms. The number of para-hydroxylation sites is 1. The molecule has 0 saturated heterocycles. The van der Waals surface area contributed by atoms with Crippen LogP contribution in [0.15, 0.2) is 94.1 Å². The first-order valence-corrected chi connectivity index (χ1v) is 8.49. The molecule has 3 nitrogen and oxygen atoms in total. The molecule has 4 rings (SSSR count). The number of nitrogens with zero attached hydrogens (tertiary/aromatic N) is 1. The van der Waals surface area contributed by atoms with Crippen molar-refractivity contribution in [3.8, 4) is 28.3 Å². The van der Waals surface area contributed by atoms with Crippen LogP contribution in [-0.2, 0) is 6.18 Å². The average molecular weight is 381 g/mol. The second-order valence-corrected chi connectivity index (χ2v) is 6.16. The Morgan fingerprint density at radius 3 is 1.86 bits per heavy atom. The molecule has 28 heavy (non-hydrogen) atoms. The highest BCUT2D eigenvalue weighted by Gasteiger charge is 2.30. The molecule has 0 atom stereocenters. The highest BCUT2D eigenvalue weighted by Crippen LogP contribution is 2.35. The van der Waals surface area contributed by atoms with Crippen molar-refractivity contribution >= 4 is 0 Å². The SMILES string of the molecule is O=c1oc(-c2ccccc2)c(-c2ccc(C(F)(F)F)cc2)n1-c1ccccc1. The molecule has 1 aromatic heterocycles. The van der Waals surface area contributed by atoms with Crippen LogP contribution in [0.2, 0.25) is 0 Å². The molecule has 3 aromatic carbocycles. The summed E-state index contributed by atoms with van der Waals surface area (Å²) in [5, 5.41) is 0. The molecule has 4 aromatic rings. The Hall–Kier alpha value is -3.54. The van der Waals surface area contributed by atoms with Gasteiger partial charge in [0.2, 0.25) is 0 Å². The van der Waals surface area contributed by atoms with Crippen molar-refractivity contribution in [3.05, 3.63) is 101 Å². The smallest absolute Gasteiger partial charge is 0.407 e. The number of hydrogen-bond acceptors (Lipinski definition) is 2. The van der Waals surface area contributed by atoms with Crippen molar-refractivity contribution in [2.24, 2.45) is 0 Å². The Kier molecular flexibility index (Phi) is 4.39. The van der Waals surface area contributed by atoms with Gasteiger partial charge in [0.1, 0.15) is 5.69 Å². The molecule has 1 heterocycles. The first-order chi connectivity index (χ1) is 13.4. The van der Waals surface area contributed by atoms with Crippen LogP contribution in [0.3, 0.4) is 0 Å². The van der Waals surface area contributed by atoms with E-state index in [9.17, 15) is 18.0 Å². The lowest BCUT2D eigenvalue weighted by atomic mass is 10.0. The van der Waals surface area contributed by atoms with Gasteiger partial charge in [0.25, 0.3) is 0 Å². The standard InChI is InChI=1S/C22H14F3NO2/c23-22(24,25)17-13-11-15(12-14-17)19-20(16-7-3-1-4-8-16)28-21(27)26(19)18-9-5-2-6-10-18/h1-14H. The molecule has 0 fully saturated rings. The van der Waals surface area contributed by atoms with Crippen molar-refractivity contribution in [2.45, 2.75) is 6.18 Å². The van der Waals surface area contributed by atoms with E-state index < -0.39 is 17.5 Å². The third-order valence-corrected chi connectivity index (χ3v) is 4.35. The van der Waals surface area contributed by atoms with E-state index in [1.54, 1.807) is 48.5 Å². The van der Waals surface area contributed by atoms with Crippen LogP contribution in [0, 0.1) is 0 Å². The molecular weight excluding hydrogens is 367 g/mol. The molecule has 0 saturated carbocycles. The van der Waals surface area contributed by atoms with Crippen LogP contribution < -0.4 is 5.76 Å². The highest BCUT2D eigenvalue weighted by molar-refractivity contribution is 5.78. The van der Waals surface area contributed by atoms with Crippen molar-refractivity contribution in [1.82, 2.24) is 4.57 Å². The molecule has 0 bridgehead atoms. The molecule has 0 unspecified atom stereocenters. The van der Waals surface area contributed by atoms with Gasteiger partial charge in [-0.1, -0.05) is 60.7 Å². The lowest BCUT2D eigenvalue weighted by Gasteiger charge is -2.11. The molecular formula is C22H14F3NO2. The predicted octanol–water partition coefficient (Wildman–Crippen LogP) is 5.78. The normalized spacial score (nSPS) is 11.5. The zero-order valence-corrected chi connectivity index (χ0v) is 14.5. The van der Waals surface area contributed by atoms with Crippen molar-refractivity contribution < 1.29 is 17.6 Å². The van der Waals surface area contributed by atoms with Crippen LogP contribution >= 0.6 is 0 Å². The summed E-state index contributed by atoms with van der Waals surface area (Å²) in [4.78, 5) is 12.7. The molecule has 6 heteroatoms. The van der Waals surface area contributed by atoms with Crippen molar-refractivity contribution in [1.29, 1.82) is 0 Å². The van der Waals surface area contributed by atoms with E-state index in [4.69, 9.17) is 4.42 Å². The van der Waals surface area contributed by atoms with Gasteiger partial charge in [0.15, 0.2) is 5.76 Å². The van der Waals surface area contributed by atoms with Crippen molar-refractivity contribution in [2.75, 3.05) is 0 Å². The Balaban J connectivity index is 1.97. The van der Waals surface area contributed by atoms with E-state index in [1.165, 1.54) is 16.7 Å². The second kappa shape index (κ2) is 6.88. The topological polar surface area (TPSA) is 35.1 Å². The van der Waals surface area contributed by atoms with Gasteiger partial charge in [0.05, 0.1) is 11.3 Å². The summed E-state index contributed by atoms with van der Waals surface area (Å²) in [5.74, 6) is -0.311. The van der Waals surface area contributed by atoms with Crippen LogP contribution in [-0.4, -0.2) is 4.57 Å². The van der Waals surface area contributed by atoms with Gasteiger partial charge in [-0.25, -0.2) is 9.36 Å². The Morgan fingerprint density at radius 1 is 0.714 bits per heavy atom. The maximum atomic E-state index is 12.9. The van der Waals surface area contributed by atoms with Crippen molar-refractivity contribution in [3.63, 3.8) is 0 Å². The fraction of sp³-hybridized carbons (Fsp3) is 0.0455. The largest absolute Gasteiger partial charge is 0.424 e. The minimum atomic E-state index is -4.43. The Morgan fingerprint density at radius 2 is 1.29 bits per heavy atom. The fourth-order valence-corrected chi connectivity index (χ4v) is 3.05. The van der Waals surface area contributed by atoms with Gasteiger partial charge in [-0.05, 0) is 24.3 Å². The first kappa shape index (κ1) is 17.9. The summed E-state index contributed by atoms with van der Waals surface area (Å²) >= 11 is 0. The second-order valence-electron chi connectivity index (χ2n) is 6.16. The van der Waals surface area contributed by atoms with E-state index in [2.05, 4.69) is 0 Å². The maximum Gasteiger partial charge on any atom is 0.424 e. The van der Waals surface area contributed by atoms with Crippen LogP contribution in [0.1, 0.15) is 5.56 Å². The van der Waals surface area contributed by atoms with E-state index in [-0.39, 0.29) is 0 Å². The lowest BCUT2D eigenvalue weighted by Crippen LogP contribution is -2.13. The van der Waals surface area contributed by atoms with E-state index in [0.717, 1.165) is 12.1 Å². The van der Waals surface area contributed by atoms with Crippen LogP contribution in [0.4, 0.5) is 13.2 Å². The number of benzene rings is 3. The number of halogens is 3. The monoisotopic (exact) mass is 381 g/mol. The van der Waals surface area contributed by atoms with Crippen LogP contribution in [0.5, 0.6) is 0 Å². The molecule has 140 valence electrons. The molecule has 0 aliphatic rings. The maximum absolute atomic E-state index is 12.9. The summed E-state index contributed by atoms with van der Waals surface area (Å²) < 4.78 is 45.7. The summed E-state index contributed by atoms with van der Waals surface area (Å²) in [6.07, 6.45) is -4.43. The quantitative estimate of drug-likeness (QED) is 0.451. The molecule has 0 radical (unpaired) electrons. The van der Waals surface area contributed by atoms with Gasteiger partial charge in [-0.3, -0.25) is 0 Å².